The molecule has 1 N–H and O–H groups in total. The van der Waals surface area contributed by atoms with Gasteiger partial charge in [0.1, 0.15) is 0 Å². The Hall–Kier alpha value is -1.46. The highest BCUT2D eigenvalue weighted by atomic mass is 16.5. The molecule has 3 rings (SSSR count). The van der Waals surface area contributed by atoms with Crippen LogP contribution in [0.3, 0.4) is 0 Å². The first-order chi connectivity index (χ1) is 12.3. The number of hydrogen-bond donors (Lipinski definition) is 1. The predicted molar refractivity (Wildman–Crippen MR) is 98.1 cm³/mol. The van der Waals surface area contributed by atoms with Gasteiger partial charge in [0.2, 0.25) is 5.91 Å². The standard InChI is InChI=1S/C20H31N3O2/c24-20(10-9-19-8-2-4-15-25-19)23(16-17-6-1-3-13-22-17)18-7-5-12-21-14-11-18/h1,3,6,13,18-19,21H,2,4-5,7-12,14-16H2. The highest BCUT2D eigenvalue weighted by molar-refractivity contribution is 5.76. The van der Waals surface area contributed by atoms with Crippen molar-refractivity contribution < 1.29 is 9.53 Å². The van der Waals surface area contributed by atoms with Gasteiger partial charge >= 0.3 is 0 Å². The van der Waals surface area contributed by atoms with Gasteiger partial charge in [-0.15, -0.1) is 0 Å². The highest BCUT2D eigenvalue weighted by Crippen LogP contribution is 2.21. The number of nitrogens with zero attached hydrogens (tertiary/aromatic N) is 2. The molecule has 2 atom stereocenters. The van der Waals surface area contributed by atoms with Crippen molar-refractivity contribution in [3.63, 3.8) is 0 Å². The van der Waals surface area contributed by atoms with Crippen LogP contribution in [-0.2, 0) is 16.1 Å². The number of aromatic nitrogens is 1. The first kappa shape index (κ1) is 18.3. The summed E-state index contributed by atoms with van der Waals surface area (Å²) in [5, 5.41) is 3.44. The Morgan fingerprint density at radius 3 is 2.96 bits per heavy atom. The minimum absolute atomic E-state index is 0.256. The Morgan fingerprint density at radius 2 is 2.16 bits per heavy atom. The normalized spacial score (nSPS) is 24.5. The van der Waals surface area contributed by atoms with Crippen molar-refractivity contribution >= 4 is 5.91 Å². The fourth-order valence-electron chi connectivity index (χ4n) is 3.86. The summed E-state index contributed by atoms with van der Waals surface area (Å²) in [4.78, 5) is 19.5. The molecular weight excluding hydrogens is 314 g/mol. The zero-order valence-corrected chi connectivity index (χ0v) is 15.2. The highest BCUT2D eigenvalue weighted by Gasteiger charge is 2.26. The maximum absolute atomic E-state index is 13.0. The third-order valence-corrected chi connectivity index (χ3v) is 5.32. The average molecular weight is 345 g/mol. The van der Waals surface area contributed by atoms with Crippen LogP contribution in [0.4, 0.5) is 0 Å². The first-order valence-electron chi connectivity index (χ1n) is 9.84. The van der Waals surface area contributed by atoms with E-state index >= 15 is 0 Å². The number of ether oxygens (including phenoxy) is 1. The fourth-order valence-corrected chi connectivity index (χ4v) is 3.86. The van der Waals surface area contributed by atoms with Gasteiger partial charge in [-0.25, -0.2) is 0 Å². The van der Waals surface area contributed by atoms with Crippen LogP contribution in [0.25, 0.3) is 0 Å². The summed E-state index contributed by atoms with van der Waals surface area (Å²) in [7, 11) is 0. The molecule has 1 aromatic heterocycles. The third kappa shape index (κ3) is 5.79. The molecule has 5 heteroatoms. The summed E-state index contributed by atoms with van der Waals surface area (Å²) >= 11 is 0. The van der Waals surface area contributed by atoms with Gasteiger partial charge in [0.05, 0.1) is 18.3 Å². The second kappa shape index (κ2) is 9.88. The fraction of sp³-hybridized carbons (Fsp3) is 0.700. The molecule has 2 aliphatic rings. The van der Waals surface area contributed by atoms with Gasteiger partial charge in [-0.1, -0.05) is 6.07 Å². The Kier molecular flexibility index (Phi) is 7.24. The van der Waals surface area contributed by atoms with Crippen molar-refractivity contribution in [2.24, 2.45) is 0 Å². The van der Waals surface area contributed by atoms with Crippen LogP contribution >= 0.6 is 0 Å². The Labute approximate surface area is 151 Å². The van der Waals surface area contributed by atoms with E-state index in [1.54, 1.807) is 0 Å². The van der Waals surface area contributed by atoms with Crippen molar-refractivity contribution in [3.8, 4) is 0 Å². The van der Waals surface area contributed by atoms with Gasteiger partial charge in [0.15, 0.2) is 0 Å². The quantitative estimate of drug-likeness (QED) is 0.861. The summed E-state index contributed by atoms with van der Waals surface area (Å²) in [6, 6.07) is 6.25. The van der Waals surface area contributed by atoms with Crippen LogP contribution in [0.1, 0.15) is 57.1 Å². The maximum Gasteiger partial charge on any atom is 0.223 e. The topological polar surface area (TPSA) is 54.5 Å². The molecule has 0 saturated carbocycles. The molecule has 0 radical (unpaired) electrons. The van der Waals surface area contributed by atoms with E-state index in [2.05, 4.69) is 15.2 Å². The number of amides is 1. The van der Waals surface area contributed by atoms with Gasteiger partial charge in [-0.2, -0.15) is 0 Å². The Morgan fingerprint density at radius 1 is 1.20 bits per heavy atom. The van der Waals surface area contributed by atoms with Gasteiger partial charge in [0.25, 0.3) is 0 Å². The molecule has 0 aliphatic carbocycles. The molecule has 5 nitrogen and oxygen atoms in total. The maximum atomic E-state index is 13.0. The van der Waals surface area contributed by atoms with Crippen LogP contribution < -0.4 is 5.32 Å². The molecular formula is C20H31N3O2. The van der Waals surface area contributed by atoms with Crippen LogP contribution in [0, 0.1) is 0 Å². The van der Waals surface area contributed by atoms with Crippen LogP contribution in [0.5, 0.6) is 0 Å². The molecule has 2 fully saturated rings. The first-order valence-corrected chi connectivity index (χ1v) is 9.84. The van der Waals surface area contributed by atoms with Crippen molar-refractivity contribution in [1.82, 2.24) is 15.2 Å². The molecule has 2 unspecified atom stereocenters. The van der Waals surface area contributed by atoms with Gasteiger partial charge in [-0.05, 0) is 70.2 Å². The molecule has 2 aliphatic heterocycles. The van der Waals surface area contributed by atoms with Crippen LogP contribution in [-0.4, -0.2) is 47.6 Å². The largest absolute Gasteiger partial charge is 0.378 e. The SMILES string of the molecule is O=C(CCC1CCCCO1)N(Cc1ccccn1)C1CCCNCC1. The van der Waals surface area contributed by atoms with Crippen LogP contribution in [0.15, 0.2) is 24.4 Å². The third-order valence-electron chi connectivity index (χ3n) is 5.32. The smallest absolute Gasteiger partial charge is 0.223 e. The second-order valence-electron chi connectivity index (χ2n) is 7.20. The van der Waals surface area contributed by atoms with E-state index in [9.17, 15) is 4.79 Å². The summed E-state index contributed by atoms with van der Waals surface area (Å²) in [5.41, 5.74) is 0.974. The van der Waals surface area contributed by atoms with Crippen molar-refractivity contribution in [1.29, 1.82) is 0 Å². The van der Waals surface area contributed by atoms with Crippen LogP contribution in [0.2, 0.25) is 0 Å². The Bertz CT molecular complexity index is 509. The molecule has 0 spiro atoms. The van der Waals surface area contributed by atoms with E-state index < -0.39 is 0 Å². The number of nitrogens with one attached hydrogen (secondary N) is 1. The second-order valence-corrected chi connectivity index (χ2v) is 7.20. The number of pyridine rings is 1. The summed E-state index contributed by atoms with van der Waals surface area (Å²) < 4.78 is 5.80. The monoisotopic (exact) mass is 345 g/mol. The van der Waals surface area contributed by atoms with Gasteiger partial charge in [0, 0.05) is 25.3 Å². The lowest BCUT2D eigenvalue weighted by molar-refractivity contribution is -0.135. The molecule has 138 valence electrons. The lowest BCUT2D eigenvalue weighted by Crippen LogP contribution is -2.41. The van der Waals surface area contributed by atoms with E-state index in [0.29, 0.717) is 19.0 Å². The molecule has 1 aromatic rings. The number of rotatable bonds is 6. The lowest BCUT2D eigenvalue weighted by atomic mass is 10.0. The van der Waals surface area contributed by atoms with E-state index in [1.807, 2.05) is 24.4 Å². The van der Waals surface area contributed by atoms with Crippen molar-refractivity contribution in [2.45, 2.75) is 70.1 Å². The average Bonchev–Trinajstić information content (AvgIpc) is 2.95. The van der Waals surface area contributed by atoms with Gasteiger partial charge in [-0.3, -0.25) is 9.78 Å². The van der Waals surface area contributed by atoms with E-state index in [-0.39, 0.29) is 12.0 Å². The number of carbonyl (C=O) groups excluding carboxylic acids is 1. The summed E-state index contributed by atoms with van der Waals surface area (Å²) in [6.45, 7) is 3.51. The zero-order valence-electron chi connectivity index (χ0n) is 15.2. The molecule has 2 saturated heterocycles. The minimum Gasteiger partial charge on any atom is -0.378 e. The van der Waals surface area contributed by atoms with E-state index in [0.717, 1.165) is 63.9 Å². The van der Waals surface area contributed by atoms with E-state index in [4.69, 9.17) is 4.74 Å². The molecule has 0 aromatic carbocycles. The zero-order chi connectivity index (χ0) is 17.3. The molecule has 3 heterocycles. The molecule has 0 bridgehead atoms. The number of hydrogen-bond acceptors (Lipinski definition) is 4. The van der Waals surface area contributed by atoms with Crippen molar-refractivity contribution in [3.05, 3.63) is 30.1 Å². The van der Waals surface area contributed by atoms with E-state index in [1.165, 1.54) is 6.42 Å². The minimum atomic E-state index is 0.256. The lowest BCUT2D eigenvalue weighted by Gasteiger charge is -2.32. The summed E-state index contributed by atoms with van der Waals surface area (Å²) in [6.07, 6.45) is 10.2. The predicted octanol–water partition coefficient (Wildman–Crippen LogP) is 2.90. The summed E-state index contributed by atoms with van der Waals surface area (Å²) in [5.74, 6) is 0.256. The molecule has 1 amide bonds. The van der Waals surface area contributed by atoms with Gasteiger partial charge < -0.3 is 15.0 Å². The number of carbonyl (C=O) groups is 1. The molecule has 25 heavy (non-hydrogen) atoms. The Balaban J connectivity index is 1.62. The van der Waals surface area contributed by atoms with Crippen molar-refractivity contribution in [2.75, 3.05) is 19.7 Å².